The van der Waals surface area contributed by atoms with E-state index in [0.717, 1.165) is 32.2 Å². The quantitative estimate of drug-likeness (QED) is 0.908. The Morgan fingerprint density at radius 3 is 2.67 bits per heavy atom. The molecule has 0 spiro atoms. The largest absolute Gasteiger partial charge is 0.420 e. The molecule has 0 radical (unpaired) electrons. The number of hydrogen-bond donors (Lipinski definition) is 1. The Balaban J connectivity index is 1.56. The lowest BCUT2D eigenvalue weighted by Gasteiger charge is -2.30. The number of amides is 1. The van der Waals surface area contributed by atoms with E-state index in [4.69, 9.17) is 4.42 Å². The molecule has 1 aliphatic carbocycles. The van der Waals surface area contributed by atoms with Crippen LogP contribution >= 0.6 is 0 Å². The maximum absolute atomic E-state index is 12.3. The zero-order valence-corrected chi connectivity index (χ0v) is 14.3. The first-order valence-corrected chi connectivity index (χ1v) is 8.55. The minimum Gasteiger partial charge on any atom is -0.408 e. The summed E-state index contributed by atoms with van der Waals surface area (Å²) in [6.45, 7) is 1.12. The standard InChI is InChI=1S/C18H25N3O3/c1-20(2)11-13-7-9-14(10-8-13)19-17(22)12-21-15-5-3-4-6-16(15)24-18(21)23/h3-6,13-14H,7-12H2,1-2H3,(H,19,22). The fraction of sp³-hybridized carbons (Fsp3) is 0.556. The zero-order chi connectivity index (χ0) is 17.1. The first kappa shape index (κ1) is 16.8. The molecule has 6 nitrogen and oxygen atoms in total. The number of para-hydroxylation sites is 2. The van der Waals surface area contributed by atoms with Gasteiger partial charge < -0.3 is 14.6 Å². The fourth-order valence-corrected chi connectivity index (χ4v) is 3.59. The van der Waals surface area contributed by atoms with Gasteiger partial charge in [0.05, 0.1) is 5.52 Å². The van der Waals surface area contributed by atoms with Gasteiger partial charge >= 0.3 is 5.76 Å². The summed E-state index contributed by atoms with van der Waals surface area (Å²) in [6, 6.07) is 7.38. The first-order valence-electron chi connectivity index (χ1n) is 8.55. The van der Waals surface area contributed by atoms with Gasteiger partial charge in [-0.1, -0.05) is 12.1 Å². The third-order valence-corrected chi connectivity index (χ3v) is 4.71. The predicted molar refractivity (Wildman–Crippen MR) is 92.9 cm³/mol. The molecule has 24 heavy (non-hydrogen) atoms. The minimum atomic E-state index is -0.485. The van der Waals surface area contributed by atoms with Crippen LogP contribution in [0.4, 0.5) is 0 Å². The first-order chi connectivity index (χ1) is 11.5. The second kappa shape index (κ2) is 7.21. The number of fused-ring (bicyclic) bond motifs is 1. The van der Waals surface area contributed by atoms with Crippen LogP contribution in [0.5, 0.6) is 0 Å². The van der Waals surface area contributed by atoms with E-state index in [1.165, 1.54) is 4.57 Å². The van der Waals surface area contributed by atoms with E-state index in [2.05, 4.69) is 24.3 Å². The van der Waals surface area contributed by atoms with Crippen molar-refractivity contribution in [2.75, 3.05) is 20.6 Å². The molecule has 1 heterocycles. The molecule has 130 valence electrons. The van der Waals surface area contributed by atoms with Gasteiger partial charge in [0, 0.05) is 12.6 Å². The molecule has 1 N–H and O–H groups in total. The Kier molecular flexibility index (Phi) is 5.04. The smallest absolute Gasteiger partial charge is 0.408 e. The van der Waals surface area contributed by atoms with Crippen molar-refractivity contribution in [1.29, 1.82) is 0 Å². The Morgan fingerprint density at radius 1 is 1.25 bits per heavy atom. The summed E-state index contributed by atoms with van der Waals surface area (Å²) in [5.74, 6) is 0.106. The summed E-state index contributed by atoms with van der Waals surface area (Å²) < 4.78 is 6.55. The van der Waals surface area contributed by atoms with Crippen LogP contribution in [0, 0.1) is 5.92 Å². The second-order valence-electron chi connectivity index (χ2n) is 6.97. The van der Waals surface area contributed by atoms with E-state index in [1.807, 2.05) is 12.1 Å². The number of nitrogens with zero attached hydrogens (tertiary/aromatic N) is 2. The zero-order valence-electron chi connectivity index (χ0n) is 14.3. The number of carbonyl (C=O) groups excluding carboxylic acids is 1. The Hall–Kier alpha value is -2.08. The Bertz CT molecular complexity index is 754. The van der Waals surface area contributed by atoms with E-state index >= 15 is 0 Å². The highest BCUT2D eigenvalue weighted by Gasteiger charge is 2.23. The summed E-state index contributed by atoms with van der Waals surface area (Å²) in [5.41, 5.74) is 1.17. The summed E-state index contributed by atoms with van der Waals surface area (Å²) in [4.78, 5) is 26.5. The number of carbonyl (C=O) groups is 1. The highest BCUT2D eigenvalue weighted by molar-refractivity contribution is 5.79. The molecule has 0 unspecified atom stereocenters. The van der Waals surface area contributed by atoms with Crippen molar-refractivity contribution in [3.05, 3.63) is 34.8 Å². The molecule has 1 fully saturated rings. The van der Waals surface area contributed by atoms with Crippen molar-refractivity contribution >= 4 is 17.0 Å². The van der Waals surface area contributed by atoms with Crippen molar-refractivity contribution in [2.24, 2.45) is 5.92 Å². The minimum absolute atomic E-state index is 0.00741. The SMILES string of the molecule is CN(C)CC1CCC(NC(=O)Cn2c(=O)oc3ccccc32)CC1. The lowest BCUT2D eigenvalue weighted by Crippen LogP contribution is -2.41. The fourth-order valence-electron chi connectivity index (χ4n) is 3.59. The number of hydrogen-bond acceptors (Lipinski definition) is 4. The highest BCUT2D eigenvalue weighted by Crippen LogP contribution is 2.24. The molecule has 1 aromatic carbocycles. The summed E-state index contributed by atoms with van der Waals surface area (Å²) >= 11 is 0. The van der Waals surface area contributed by atoms with Gasteiger partial charge in [-0.25, -0.2) is 4.79 Å². The Labute approximate surface area is 141 Å². The average Bonchev–Trinajstić information content (AvgIpc) is 2.85. The number of oxazole rings is 1. The average molecular weight is 331 g/mol. The summed E-state index contributed by atoms with van der Waals surface area (Å²) in [7, 11) is 4.20. The topological polar surface area (TPSA) is 67.5 Å². The van der Waals surface area contributed by atoms with E-state index in [9.17, 15) is 9.59 Å². The van der Waals surface area contributed by atoms with Gasteiger partial charge in [-0.15, -0.1) is 0 Å². The van der Waals surface area contributed by atoms with Gasteiger partial charge in [0.25, 0.3) is 0 Å². The van der Waals surface area contributed by atoms with Crippen LogP contribution in [0.1, 0.15) is 25.7 Å². The normalized spacial score (nSPS) is 21.3. The van der Waals surface area contributed by atoms with Crippen molar-refractivity contribution < 1.29 is 9.21 Å². The molecule has 0 atom stereocenters. The molecule has 1 amide bonds. The number of nitrogens with one attached hydrogen (secondary N) is 1. The maximum atomic E-state index is 12.3. The lowest BCUT2D eigenvalue weighted by molar-refractivity contribution is -0.122. The predicted octanol–water partition coefficient (Wildman–Crippen LogP) is 1.83. The van der Waals surface area contributed by atoms with Crippen LogP contribution in [-0.4, -0.2) is 42.1 Å². The summed E-state index contributed by atoms with van der Waals surface area (Å²) in [5, 5.41) is 3.07. The highest BCUT2D eigenvalue weighted by atomic mass is 16.4. The Morgan fingerprint density at radius 2 is 1.96 bits per heavy atom. The van der Waals surface area contributed by atoms with Crippen molar-refractivity contribution in [1.82, 2.24) is 14.8 Å². The molecule has 1 aromatic heterocycles. The lowest BCUT2D eigenvalue weighted by atomic mass is 9.86. The molecule has 3 rings (SSSR count). The molecule has 6 heteroatoms. The van der Waals surface area contributed by atoms with Crippen molar-refractivity contribution in [3.8, 4) is 0 Å². The molecule has 1 aliphatic rings. The third-order valence-electron chi connectivity index (χ3n) is 4.71. The van der Waals surface area contributed by atoms with E-state index in [1.54, 1.807) is 12.1 Å². The molecule has 0 bridgehead atoms. The molecule has 2 aromatic rings. The molecule has 0 aliphatic heterocycles. The van der Waals surface area contributed by atoms with Crippen LogP contribution in [0.3, 0.4) is 0 Å². The van der Waals surface area contributed by atoms with Crippen LogP contribution in [0.2, 0.25) is 0 Å². The molecular weight excluding hydrogens is 306 g/mol. The monoisotopic (exact) mass is 331 g/mol. The van der Waals surface area contributed by atoms with E-state index < -0.39 is 5.76 Å². The van der Waals surface area contributed by atoms with Gasteiger partial charge in [0.1, 0.15) is 6.54 Å². The van der Waals surface area contributed by atoms with Gasteiger partial charge in [0.15, 0.2) is 5.58 Å². The number of aromatic nitrogens is 1. The molecule has 0 saturated heterocycles. The van der Waals surface area contributed by atoms with Gasteiger partial charge in [0.2, 0.25) is 5.91 Å². The van der Waals surface area contributed by atoms with Crippen LogP contribution in [-0.2, 0) is 11.3 Å². The molecular formula is C18H25N3O3. The van der Waals surface area contributed by atoms with Crippen LogP contribution in [0.25, 0.3) is 11.1 Å². The van der Waals surface area contributed by atoms with Crippen molar-refractivity contribution in [3.63, 3.8) is 0 Å². The second-order valence-corrected chi connectivity index (χ2v) is 6.97. The summed E-state index contributed by atoms with van der Waals surface area (Å²) in [6.07, 6.45) is 4.28. The molecule has 1 saturated carbocycles. The van der Waals surface area contributed by atoms with Gasteiger partial charge in [-0.3, -0.25) is 9.36 Å². The van der Waals surface area contributed by atoms with Crippen LogP contribution < -0.4 is 11.1 Å². The van der Waals surface area contributed by atoms with E-state index in [-0.39, 0.29) is 18.5 Å². The third kappa shape index (κ3) is 3.87. The maximum Gasteiger partial charge on any atom is 0.420 e. The van der Waals surface area contributed by atoms with Crippen molar-refractivity contribution in [2.45, 2.75) is 38.3 Å². The number of benzene rings is 1. The number of rotatable bonds is 5. The van der Waals surface area contributed by atoms with Gasteiger partial charge in [-0.2, -0.15) is 0 Å². The van der Waals surface area contributed by atoms with Gasteiger partial charge in [-0.05, 0) is 57.8 Å². The van der Waals surface area contributed by atoms with E-state index in [0.29, 0.717) is 17.0 Å². The van der Waals surface area contributed by atoms with Crippen LogP contribution in [0.15, 0.2) is 33.5 Å².